The standard InChI is InChI=1S/C23H26O4.C12H14O3/c1-14-11-21-18(13-20(14)25-4)17(8-10-26-21)22(24)16-5-6-19-15(12-16)7-9-23(2,3)27-19;1-8-5-12-10(6-11(8)14-2)9(7-13)3-4-15-12/h5-7,9,11-13,17,22,24H,8,10H2,1-4H3;5-7,9H,3-4H2,1-2H3. The number of aliphatic hydroxyl groups excluding tert-OH is 1. The highest BCUT2D eigenvalue weighted by Gasteiger charge is 2.31. The summed E-state index contributed by atoms with van der Waals surface area (Å²) in [5, 5.41) is 11.2. The van der Waals surface area contributed by atoms with Crippen LogP contribution in [0.4, 0.5) is 0 Å². The molecular formula is C35H40O7. The van der Waals surface area contributed by atoms with Gasteiger partial charge in [0, 0.05) is 28.5 Å². The molecule has 1 N–H and O–H groups in total. The van der Waals surface area contributed by atoms with Crippen LogP contribution in [-0.2, 0) is 4.79 Å². The van der Waals surface area contributed by atoms with Crippen LogP contribution in [-0.4, -0.2) is 44.4 Å². The number of benzene rings is 3. The quantitative estimate of drug-likeness (QED) is 0.335. The molecule has 0 saturated carbocycles. The molecule has 0 radical (unpaired) electrons. The van der Waals surface area contributed by atoms with Crippen molar-refractivity contribution < 1.29 is 33.6 Å². The summed E-state index contributed by atoms with van der Waals surface area (Å²) in [5.41, 5.74) is 5.59. The third kappa shape index (κ3) is 5.97. The maximum atomic E-state index is 11.2. The molecule has 7 heteroatoms. The second-order valence-electron chi connectivity index (χ2n) is 11.6. The van der Waals surface area contributed by atoms with Crippen LogP contribution in [0.5, 0.6) is 28.7 Å². The molecule has 0 aliphatic carbocycles. The van der Waals surface area contributed by atoms with E-state index in [4.69, 9.17) is 23.7 Å². The first-order valence-electron chi connectivity index (χ1n) is 14.4. The predicted molar refractivity (Wildman–Crippen MR) is 162 cm³/mol. The minimum atomic E-state index is -0.617. The van der Waals surface area contributed by atoms with Gasteiger partial charge in [-0.15, -0.1) is 0 Å². The second kappa shape index (κ2) is 12.1. The summed E-state index contributed by atoms with van der Waals surface area (Å²) < 4.78 is 28.1. The molecule has 3 unspecified atom stereocenters. The second-order valence-corrected chi connectivity index (χ2v) is 11.6. The van der Waals surface area contributed by atoms with E-state index >= 15 is 0 Å². The number of aliphatic hydroxyl groups is 1. The van der Waals surface area contributed by atoms with E-state index in [1.165, 1.54) is 0 Å². The number of ether oxygens (including phenoxy) is 5. The molecule has 3 aliphatic rings. The fourth-order valence-electron chi connectivity index (χ4n) is 5.81. The molecule has 6 rings (SSSR count). The zero-order valence-electron chi connectivity index (χ0n) is 25.2. The molecule has 3 aliphatic heterocycles. The van der Waals surface area contributed by atoms with Gasteiger partial charge in [-0.3, -0.25) is 0 Å². The Morgan fingerprint density at radius 1 is 0.881 bits per heavy atom. The van der Waals surface area contributed by atoms with E-state index in [-0.39, 0.29) is 17.4 Å². The van der Waals surface area contributed by atoms with E-state index in [0.717, 1.165) is 81.3 Å². The molecule has 3 aromatic carbocycles. The van der Waals surface area contributed by atoms with Crippen LogP contribution in [0.25, 0.3) is 6.08 Å². The summed E-state index contributed by atoms with van der Waals surface area (Å²) in [6.45, 7) is 9.24. The Labute approximate surface area is 248 Å². The molecule has 0 saturated heterocycles. The highest BCUT2D eigenvalue weighted by Crippen LogP contribution is 2.45. The zero-order valence-corrected chi connectivity index (χ0v) is 25.2. The molecule has 3 aromatic rings. The smallest absolute Gasteiger partial charge is 0.127 e. The highest BCUT2D eigenvalue weighted by molar-refractivity contribution is 5.66. The monoisotopic (exact) mass is 572 g/mol. The Hall–Kier alpha value is -3.97. The summed E-state index contributed by atoms with van der Waals surface area (Å²) in [4.78, 5) is 10.9. The third-order valence-electron chi connectivity index (χ3n) is 8.18. The van der Waals surface area contributed by atoms with E-state index in [1.807, 2.05) is 76.2 Å². The van der Waals surface area contributed by atoms with E-state index in [0.29, 0.717) is 13.2 Å². The van der Waals surface area contributed by atoms with Crippen molar-refractivity contribution in [3.63, 3.8) is 0 Å². The van der Waals surface area contributed by atoms with Gasteiger partial charge in [0.05, 0.1) is 33.5 Å². The number of aldehydes is 1. The Morgan fingerprint density at radius 3 is 2.14 bits per heavy atom. The van der Waals surface area contributed by atoms with Gasteiger partial charge in [0.15, 0.2) is 0 Å². The molecule has 0 bridgehead atoms. The minimum absolute atomic E-state index is 0.0359. The summed E-state index contributed by atoms with van der Waals surface area (Å²) in [6.07, 6.45) is 5.99. The van der Waals surface area contributed by atoms with Crippen molar-refractivity contribution in [1.82, 2.24) is 0 Å². The van der Waals surface area contributed by atoms with Gasteiger partial charge in [0.1, 0.15) is 40.6 Å². The van der Waals surface area contributed by atoms with Gasteiger partial charge in [-0.1, -0.05) is 12.1 Å². The van der Waals surface area contributed by atoms with Gasteiger partial charge < -0.3 is 33.6 Å². The molecular weight excluding hydrogens is 532 g/mol. The summed E-state index contributed by atoms with van der Waals surface area (Å²) in [7, 11) is 3.30. The number of methoxy groups -OCH3 is 2. The van der Waals surface area contributed by atoms with Crippen molar-refractivity contribution in [3.05, 3.63) is 81.9 Å². The predicted octanol–water partition coefficient (Wildman–Crippen LogP) is 6.86. The normalized spacial score (nSPS) is 20.1. The van der Waals surface area contributed by atoms with Gasteiger partial charge in [-0.05, 0) is 99.7 Å². The van der Waals surface area contributed by atoms with Crippen LogP contribution >= 0.6 is 0 Å². The van der Waals surface area contributed by atoms with E-state index in [2.05, 4.69) is 6.08 Å². The average molecular weight is 573 g/mol. The Kier molecular flexibility index (Phi) is 8.50. The molecule has 3 heterocycles. The lowest BCUT2D eigenvalue weighted by atomic mass is 9.84. The fraction of sp³-hybridized carbons (Fsp3) is 0.400. The van der Waals surface area contributed by atoms with Crippen LogP contribution < -0.4 is 23.7 Å². The van der Waals surface area contributed by atoms with Crippen LogP contribution in [0.15, 0.2) is 48.5 Å². The van der Waals surface area contributed by atoms with Gasteiger partial charge in [0.2, 0.25) is 0 Å². The Bertz CT molecular complexity index is 1490. The van der Waals surface area contributed by atoms with Gasteiger partial charge in [-0.2, -0.15) is 0 Å². The summed E-state index contributed by atoms with van der Waals surface area (Å²) in [5.74, 6) is 4.05. The van der Waals surface area contributed by atoms with Crippen molar-refractivity contribution in [1.29, 1.82) is 0 Å². The van der Waals surface area contributed by atoms with Gasteiger partial charge >= 0.3 is 0 Å². The highest BCUT2D eigenvalue weighted by atomic mass is 16.5. The zero-order chi connectivity index (χ0) is 30.0. The first-order chi connectivity index (χ1) is 20.1. The molecule has 222 valence electrons. The largest absolute Gasteiger partial charge is 0.496 e. The van der Waals surface area contributed by atoms with Gasteiger partial charge in [-0.25, -0.2) is 0 Å². The molecule has 0 spiro atoms. The van der Waals surface area contributed by atoms with E-state index in [1.54, 1.807) is 14.2 Å². The summed E-state index contributed by atoms with van der Waals surface area (Å²) >= 11 is 0. The van der Waals surface area contributed by atoms with Crippen molar-refractivity contribution in [2.24, 2.45) is 0 Å². The number of carbonyl (C=O) groups is 1. The van der Waals surface area contributed by atoms with Crippen molar-refractivity contribution in [3.8, 4) is 28.7 Å². The van der Waals surface area contributed by atoms with Crippen LogP contribution in [0, 0.1) is 13.8 Å². The van der Waals surface area contributed by atoms with E-state index < -0.39 is 6.10 Å². The molecule has 0 fully saturated rings. The number of rotatable bonds is 5. The number of fused-ring (bicyclic) bond motifs is 3. The topological polar surface area (TPSA) is 83.5 Å². The summed E-state index contributed by atoms with van der Waals surface area (Å²) in [6, 6.07) is 13.8. The number of carbonyl (C=O) groups excluding carboxylic acids is 1. The molecule has 0 amide bonds. The SMILES string of the molecule is COc1cc2c(cc1C)OCCC2C(O)c1ccc2c(c1)C=CC(C)(C)O2.COc1cc2c(cc1C)OCCC2C=O. The Balaban J connectivity index is 0.000000199. The number of hydrogen-bond acceptors (Lipinski definition) is 7. The van der Waals surface area contributed by atoms with Gasteiger partial charge in [0.25, 0.3) is 0 Å². The minimum Gasteiger partial charge on any atom is -0.496 e. The number of aryl methyl sites for hydroxylation is 2. The van der Waals surface area contributed by atoms with Crippen LogP contribution in [0.2, 0.25) is 0 Å². The fourth-order valence-corrected chi connectivity index (χ4v) is 5.81. The maximum Gasteiger partial charge on any atom is 0.127 e. The van der Waals surface area contributed by atoms with Crippen molar-refractivity contribution >= 4 is 12.4 Å². The van der Waals surface area contributed by atoms with Crippen LogP contribution in [0.3, 0.4) is 0 Å². The molecule has 7 nitrogen and oxygen atoms in total. The third-order valence-corrected chi connectivity index (χ3v) is 8.18. The lowest BCUT2D eigenvalue weighted by molar-refractivity contribution is -0.109. The van der Waals surface area contributed by atoms with Crippen molar-refractivity contribution in [2.75, 3.05) is 27.4 Å². The molecule has 0 aromatic heterocycles. The van der Waals surface area contributed by atoms with Crippen LogP contribution in [0.1, 0.15) is 78.0 Å². The molecule has 42 heavy (non-hydrogen) atoms. The first kappa shape index (κ1) is 29.5. The lowest BCUT2D eigenvalue weighted by Crippen LogP contribution is -2.27. The number of hydrogen-bond donors (Lipinski definition) is 1. The maximum absolute atomic E-state index is 11.2. The van der Waals surface area contributed by atoms with E-state index in [9.17, 15) is 9.90 Å². The molecule has 3 atom stereocenters. The first-order valence-corrected chi connectivity index (χ1v) is 14.4. The van der Waals surface area contributed by atoms with Crippen molar-refractivity contribution in [2.45, 2.75) is 64.1 Å². The average Bonchev–Trinajstić information content (AvgIpc) is 2.99. The lowest BCUT2D eigenvalue weighted by Gasteiger charge is -2.32. The Morgan fingerprint density at radius 2 is 1.50 bits per heavy atom.